The molecule has 15 nitrogen and oxygen atoms in total. The van der Waals surface area contributed by atoms with Crippen LogP contribution in [-0.2, 0) is 40.7 Å². The molecule has 0 atom stereocenters. The van der Waals surface area contributed by atoms with Crippen LogP contribution in [-0.4, -0.2) is 47.3 Å². The van der Waals surface area contributed by atoms with Crippen molar-refractivity contribution in [2.45, 2.75) is 46.6 Å². The van der Waals surface area contributed by atoms with Crippen LogP contribution in [0.15, 0.2) is 72.8 Å². The molecule has 0 fully saturated rings. The van der Waals surface area contributed by atoms with E-state index in [4.69, 9.17) is 9.47 Å². The van der Waals surface area contributed by atoms with Crippen molar-refractivity contribution in [1.29, 1.82) is 0 Å². The third kappa shape index (κ3) is 7.19. The van der Waals surface area contributed by atoms with E-state index in [1.807, 2.05) is 62.4 Å². The number of fused-ring (bicyclic) bond motifs is 1. The maximum Gasteiger partial charge on any atom is 0.515 e. The molecular formula is C32H28N8O7. The van der Waals surface area contributed by atoms with Crippen LogP contribution in [0.1, 0.15) is 34.6 Å². The topological polar surface area (TPSA) is 178 Å². The van der Waals surface area contributed by atoms with E-state index in [0.717, 1.165) is 38.3 Å². The summed E-state index contributed by atoms with van der Waals surface area (Å²) >= 11 is 0. The highest BCUT2D eigenvalue weighted by Crippen LogP contribution is 2.32. The van der Waals surface area contributed by atoms with Gasteiger partial charge in [0.05, 0.1) is 6.54 Å². The lowest BCUT2D eigenvalue weighted by Crippen LogP contribution is -2.36. The molecule has 0 saturated carbocycles. The average Bonchev–Trinajstić information content (AvgIpc) is 3.54. The van der Waals surface area contributed by atoms with Gasteiger partial charge < -0.3 is 14.3 Å². The summed E-state index contributed by atoms with van der Waals surface area (Å²) in [5.74, 6) is 1.86. The molecule has 0 spiro atoms. The van der Waals surface area contributed by atoms with E-state index in [1.165, 1.54) is 24.3 Å². The molecular weight excluding hydrogens is 608 g/mol. The Kier molecular flexibility index (Phi) is 8.77. The summed E-state index contributed by atoms with van der Waals surface area (Å²) in [5.41, 5.74) is 5.89. The second kappa shape index (κ2) is 13.4. The first-order valence-electron chi connectivity index (χ1n) is 14.6. The minimum atomic E-state index is -0.994. The molecule has 1 amide bonds. The Labute approximate surface area is 267 Å². The number of hydrogen-bond donors (Lipinski definition) is 0. The van der Waals surface area contributed by atoms with Crippen LogP contribution < -0.4 is 9.64 Å². The van der Waals surface area contributed by atoms with Gasteiger partial charge in [-0.15, -0.1) is 25.1 Å². The second-order valence-corrected chi connectivity index (χ2v) is 10.6. The van der Waals surface area contributed by atoms with Gasteiger partial charge in [-0.25, -0.2) is 14.8 Å². The smallest absolute Gasteiger partial charge is 0.409 e. The van der Waals surface area contributed by atoms with Gasteiger partial charge in [0.1, 0.15) is 24.0 Å². The summed E-state index contributed by atoms with van der Waals surface area (Å²) in [6, 6.07) is 21.5. The number of aromatic nitrogens is 6. The van der Waals surface area contributed by atoms with Crippen molar-refractivity contribution >= 4 is 17.9 Å². The summed E-state index contributed by atoms with van der Waals surface area (Å²) in [6.07, 6.45) is 0.0692. The fraction of sp³-hybridized carbons (Fsp3) is 0.219. The largest absolute Gasteiger partial charge is 0.515 e. The maximum atomic E-state index is 12.9. The van der Waals surface area contributed by atoms with Crippen molar-refractivity contribution in [2.24, 2.45) is 0 Å². The van der Waals surface area contributed by atoms with Gasteiger partial charge in [0, 0.05) is 23.2 Å². The van der Waals surface area contributed by atoms with Gasteiger partial charge in [-0.3, -0.25) is 9.69 Å². The normalized spacial score (nSPS) is 12.4. The molecule has 47 heavy (non-hydrogen) atoms. The first-order chi connectivity index (χ1) is 22.7. The van der Waals surface area contributed by atoms with Gasteiger partial charge in [0.15, 0.2) is 0 Å². The van der Waals surface area contributed by atoms with Gasteiger partial charge in [0.2, 0.25) is 18.5 Å². The molecule has 3 aromatic carbocycles. The molecule has 1 aliphatic rings. The first-order valence-corrected chi connectivity index (χ1v) is 14.6. The van der Waals surface area contributed by atoms with Crippen LogP contribution in [0.5, 0.6) is 5.75 Å². The molecule has 0 N–H and O–H groups in total. The molecule has 0 unspecified atom stereocenters. The lowest BCUT2D eigenvalue weighted by atomic mass is 9.98. The number of hydrogen-bond acceptors (Lipinski definition) is 12. The van der Waals surface area contributed by atoms with E-state index in [2.05, 4.69) is 30.2 Å². The number of carbonyl (C=O) groups excluding carboxylic acids is 2. The highest BCUT2D eigenvalue weighted by molar-refractivity contribution is 5.95. The molecule has 238 valence electrons. The number of benzene rings is 3. The van der Waals surface area contributed by atoms with E-state index >= 15 is 0 Å². The highest BCUT2D eigenvalue weighted by Gasteiger charge is 2.28. The number of amides is 1. The molecule has 15 heteroatoms. The number of rotatable bonds is 10. The molecule has 0 saturated heterocycles. The van der Waals surface area contributed by atoms with Crippen LogP contribution in [0.4, 0.5) is 10.6 Å². The van der Waals surface area contributed by atoms with E-state index < -0.39 is 11.2 Å². The average molecular weight is 637 g/mol. The SMILES string of the molecule is Cc1nc(C)c2c(n1)N(Cc1ccc(-c3ccccc3-c3nnn(COC(=O)Oc4ccc(CO[N+](=O)[O-])cc4)n3)cc1)C(=O)CC2. The third-order valence-corrected chi connectivity index (χ3v) is 7.43. The summed E-state index contributed by atoms with van der Waals surface area (Å²) in [5, 5.41) is 21.9. The number of carbonyl (C=O) groups is 2. The molecule has 2 aromatic heterocycles. The Morgan fingerprint density at radius 2 is 1.66 bits per heavy atom. The molecule has 1 aliphatic heterocycles. The summed E-state index contributed by atoms with van der Waals surface area (Å²) in [6.45, 7) is 3.61. The summed E-state index contributed by atoms with van der Waals surface area (Å²) in [4.78, 5) is 51.6. The molecule has 3 heterocycles. The fourth-order valence-corrected chi connectivity index (χ4v) is 5.21. The van der Waals surface area contributed by atoms with Crippen molar-refractivity contribution < 1.29 is 29.0 Å². The zero-order valence-electron chi connectivity index (χ0n) is 25.4. The van der Waals surface area contributed by atoms with Crippen LogP contribution in [0.2, 0.25) is 0 Å². The lowest BCUT2D eigenvalue weighted by molar-refractivity contribution is -0.763. The zero-order valence-corrected chi connectivity index (χ0v) is 25.4. The second-order valence-electron chi connectivity index (χ2n) is 10.6. The summed E-state index contributed by atoms with van der Waals surface area (Å²) < 4.78 is 10.2. The Morgan fingerprint density at radius 1 is 0.936 bits per heavy atom. The lowest BCUT2D eigenvalue weighted by Gasteiger charge is -2.29. The molecule has 5 aromatic rings. The monoisotopic (exact) mass is 636 g/mol. The van der Waals surface area contributed by atoms with Gasteiger partial charge in [-0.05, 0) is 59.9 Å². The minimum Gasteiger partial charge on any atom is -0.409 e. The summed E-state index contributed by atoms with van der Waals surface area (Å²) in [7, 11) is 0. The predicted molar refractivity (Wildman–Crippen MR) is 165 cm³/mol. The van der Waals surface area contributed by atoms with E-state index in [0.29, 0.717) is 42.4 Å². The quantitative estimate of drug-likeness (QED) is 0.0888. The van der Waals surface area contributed by atoms with Gasteiger partial charge in [-0.2, -0.15) is 0 Å². The van der Waals surface area contributed by atoms with Crippen LogP contribution in [0.3, 0.4) is 0 Å². The highest BCUT2D eigenvalue weighted by atomic mass is 16.9. The van der Waals surface area contributed by atoms with Crippen molar-refractivity contribution in [1.82, 2.24) is 30.2 Å². The van der Waals surface area contributed by atoms with E-state index in [-0.39, 0.29) is 25.0 Å². The molecule has 0 bridgehead atoms. The Balaban J connectivity index is 1.10. The number of nitrogens with zero attached hydrogens (tertiary/aromatic N) is 8. The fourth-order valence-electron chi connectivity index (χ4n) is 5.21. The van der Waals surface area contributed by atoms with Crippen LogP contribution >= 0.6 is 0 Å². The van der Waals surface area contributed by atoms with E-state index in [9.17, 15) is 19.7 Å². The molecule has 6 rings (SSSR count). The maximum absolute atomic E-state index is 12.9. The van der Waals surface area contributed by atoms with Crippen LogP contribution in [0, 0.1) is 24.0 Å². The zero-order chi connectivity index (χ0) is 32.9. The van der Waals surface area contributed by atoms with Crippen molar-refractivity contribution in [3.05, 3.63) is 111 Å². The number of aryl methyl sites for hydroxylation is 2. The Morgan fingerprint density at radius 3 is 2.40 bits per heavy atom. The number of tetrazole rings is 1. The molecule has 0 aliphatic carbocycles. The van der Waals surface area contributed by atoms with Crippen molar-refractivity contribution in [3.8, 4) is 28.3 Å². The van der Waals surface area contributed by atoms with Crippen molar-refractivity contribution in [3.63, 3.8) is 0 Å². The molecule has 0 radical (unpaired) electrons. The first kappa shape index (κ1) is 30.8. The Bertz CT molecular complexity index is 1940. The third-order valence-electron chi connectivity index (χ3n) is 7.43. The number of ether oxygens (including phenoxy) is 2. The van der Waals surface area contributed by atoms with Crippen molar-refractivity contribution in [2.75, 3.05) is 4.90 Å². The van der Waals surface area contributed by atoms with E-state index in [1.54, 1.807) is 4.90 Å². The minimum absolute atomic E-state index is 0.0347. The van der Waals surface area contributed by atoms with Gasteiger partial charge >= 0.3 is 6.16 Å². The standard InChI is InChI=1S/C32H28N8O7/c1-20-26-15-16-29(41)38(31(26)34-21(2)33-20)17-22-7-11-24(12-8-22)27-5-3-4-6-28(27)30-35-37-39(36-30)19-45-32(42)47-25-13-9-23(10-14-25)18-46-40(43)44/h3-14H,15-19H2,1-2H3. The van der Waals surface area contributed by atoms with Gasteiger partial charge in [-0.1, -0.05) is 60.7 Å². The van der Waals surface area contributed by atoms with Gasteiger partial charge in [0.25, 0.3) is 5.09 Å². The number of anilines is 1. The van der Waals surface area contributed by atoms with Crippen LogP contribution in [0.25, 0.3) is 22.5 Å². The predicted octanol–water partition coefficient (Wildman–Crippen LogP) is 4.77. The Hall–Kier alpha value is -6.25.